The van der Waals surface area contributed by atoms with Crippen LogP contribution >= 0.6 is 11.3 Å². The standard InChI is InChI=1S/C15H19F3N2O2S/c1-10(21)19-12(13-5-3-7-23-13)8-14(22)20-6-2-4-11(9-20)15(16,17)18/h3,5,7,11-12H,2,4,6,8-9H2,1H3,(H,19,21)/t11-,12+/m1/s1. The molecule has 1 fully saturated rings. The van der Waals surface area contributed by atoms with Gasteiger partial charge in [-0.2, -0.15) is 13.2 Å². The third kappa shape index (κ3) is 4.95. The molecule has 1 aliphatic rings. The molecule has 1 aliphatic heterocycles. The van der Waals surface area contributed by atoms with Crippen molar-refractivity contribution in [1.82, 2.24) is 10.2 Å². The predicted molar refractivity (Wildman–Crippen MR) is 80.9 cm³/mol. The zero-order chi connectivity index (χ0) is 17.0. The molecule has 0 spiro atoms. The Morgan fingerprint density at radius 1 is 1.48 bits per heavy atom. The van der Waals surface area contributed by atoms with Crippen LogP contribution in [0, 0.1) is 5.92 Å². The van der Waals surface area contributed by atoms with Crippen LogP contribution in [0.3, 0.4) is 0 Å². The lowest BCUT2D eigenvalue weighted by molar-refractivity contribution is -0.188. The van der Waals surface area contributed by atoms with Gasteiger partial charge in [0.2, 0.25) is 11.8 Å². The van der Waals surface area contributed by atoms with Gasteiger partial charge in [0.25, 0.3) is 0 Å². The number of carbonyl (C=O) groups excluding carboxylic acids is 2. The van der Waals surface area contributed by atoms with Gasteiger partial charge in [-0.05, 0) is 24.3 Å². The monoisotopic (exact) mass is 348 g/mol. The first-order valence-corrected chi connectivity index (χ1v) is 8.30. The summed E-state index contributed by atoms with van der Waals surface area (Å²) >= 11 is 1.40. The summed E-state index contributed by atoms with van der Waals surface area (Å²) in [5.74, 6) is -2.09. The number of alkyl halides is 3. The largest absolute Gasteiger partial charge is 0.393 e. The van der Waals surface area contributed by atoms with Crippen molar-refractivity contribution in [3.05, 3.63) is 22.4 Å². The van der Waals surface area contributed by atoms with E-state index in [0.29, 0.717) is 13.0 Å². The normalized spacial score (nSPS) is 20.2. The number of hydrogen-bond acceptors (Lipinski definition) is 3. The lowest BCUT2D eigenvalue weighted by Gasteiger charge is -2.34. The minimum Gasteiger partial charge on any atom is -0.348 e. The maximum Gasteiger partial charge on any atom is 0.393 e. The molecule has 2 rings (SSSR count). The van der Waals surface area contributed by atoms with E-state index in [2.05, 4.69) is 5.32 Å². The number of rotatable bonds is 4. The van der Waals surface area contributed by atoms with Crippen molar-refractivity contribution >= 4 is 23.2 Å². The van der Waals surface area contributed by atoms with Crippen LogP contribution < -0.4 is 5.32 Å². The summed E-state index contributed by atoms with van der Waals surface area (Å²) in [5.41, 5.74) is 0. The second-order valence-corrected chi connectivity index (χ2v) is 6.67. The van der Waals surface area contributed by atoms with E-state index in [1.165, 1.54) is 23.2 Å². The average molecular weight is 348 g/mol. The minimum absolute atomic E-state index is 0.0231. The molecule has 0 radical (unpaired) electrons. The third-order valence-electron chi connectivity index (χ3n) is 3.88. The van der Waals surface area contributed by atoms with Gasteiger partial charge in [0.15, 0.2) is 0 Å². The molecule has 23 heavy (non-hydrogen) atoms. The van der Waals surface area contributed by atoms with Crippen molar-refractivity contribution < 1.29 is 22.8 Å². The van der Waals surface area contributed by atoms with Crippen LogP contribution in [0.15, 0.2) is 17.5 Å². The number of piperidine rings is 1. The number of hydrogen-bond donors (Lipinski definition) is 1. The summed E-state index contributed by atoms with van der Waals surface area (Å²) in [4.78, 5) is 25.8. The number of nitrogens with zero attached hydrogens (tertiary/aromatic N) is 1. The molecule has 128 valence electrons. The van der Waals surface area contributed by atoms with Crippen LogP contribution in [0.25, 0.3) is 0 Å². The fraction of sp³-hybridized carbons (Fsp3) is 0.600. The van der Waals surface area contributed by atoms with Gasteiger partial charge >= 0.3 is 6.18 Å². The molecule has 0 saturated carbocycles. The van der Waals surface area contributed by atoms with Crippen molar-refractivity contribution in [3.63, 3.8) is 0 Å². The third-order valence-corrected chi connectivity index (χ3v) is 4.87. The predicted octanol–water partition coefficient (Wildman–Crippen LogP) is 3.12. The molecule has 1 aromatic rings. The molecular weight excluding hydrogens is 329 g/mol. The molecule has 1 aromatic heterocycles. The van der Waals surface area contributed by atoms with E-state index >= 15 is 0 Å². The van der Waals surface area contributed by atoms with Crippen LogP contribution in [0.5, 0.6) is 0 Å². The maximum absolute atomic E-state index is 12.8. The van der Waals surface area contributed by atoms with Gasteiger partial charge in [-0.15, -0.1) is 11.3 Å². The Morgan fingerprint density at radius 3 is 2.78 bits per heavy atom. The second kappa shape index (κ2) is 7.33. The number of thiophene rings is 1. The molecule has 0 aliphatic carbocycles. The Hall–Kier alpha value is -1.57. The van der Waals surface area contributed by atoms with Crippen molar-refractivity contribution in [2.24, 2.45) is 5.92 Å². The smallest absolute Gasteiger partial charge is 0.348 e. The number of halogens is 3. The Labute approximate surface area is 136 Å². The minimum atomic E-state index is -4.27. The second-order valence-electron chi connectivity index (χ2n) is 5.69. The van der Waals surface area contributed by atoms with Gasteiger partial charge in [-0.1, -0.05) is 6.07 Å². The van der Waals surface area contributed by atoms with E-state index in [1.807, 2.05) is 5.38 Å². The van der Waals surface area contributed by atoms with Gasteiger partial charge in [0, 0.05) is 24.9 Å². The lowest BCUT2D eigenvalue weighted by atomic mass is 9.97. The van der Waals surface area contributed by atoms with Crippen LogP contribution in [-0.2, 0) is 9.59 Å². The van der Waals surface area contributed by atoms with Crippen molar-refractivity contribution in [1.29, 1.82) is 0 Å². The quantitative estimate of drug-likeness (QED) is 0.909. The van der Waals surface area contributed by atoms with Crippen molar-refractivity contribution in [2.45, 2.75) is 38.4 Å². The topological polar surface area (TPSA) is 49.4 Å². The number of nitrogens with one attached hydrogen (secondary N) is 1. The Morgan fingerprint density at radius 2 is 2.22 bits per heavy atom. The molecule has 0 unspecified atom stereocenters. The van der Waals surface area contributed by atoms with Crippen LogP contribution in [0.1, 0.15) is 37.1 Å². The van der Waals surface area contributed by atoms with Crippen molar-refractivity contribution in [2.75, 3.05) is 13.1 Å². The highest BCUT2D eigenvalue weighted by Crippen LogP contribution is 2.33. The Balaban J connectivity index is 2.02. The molecule has 0 aromatic carbocycles. The molecule has 1 saturated heterocycles. The first kappa shape index (κ1) is 17.8. The summed E-state index contributed by atoms with van der Waals surface area (Å²) in [6, 6.07) is 3.11. The van der Waals surface area contributed by atoms with Crippen LogP contribution in [0.2, 0.25) is 0 Å². The first-order chi connectivity index (χ1) is 10.8. The van der Waals surface area contributed by atoms with E-state index in [9.17, 15) is 22.8 Å². The number of amides is 2. The molecule has 1 N–H and O–H groups in total. The molecule has 0 bridgehead atoms. The maximum atomic E-state index is 12.8. The van der Waals surface area contributed by atoms with Crippen LogP contribution in [0.4, 0.5) is 13.2 Å². The Bertz CT molecular complexity index is 545. The van der Waals surface area contributed by atoms with E-state index in [1.54, 1.807) is 12.1 Å². The first-order valence-electron chi connectivity index (χ1n) is 7.42. The van der Waals surface area contributed by atoms with Gasteiger partial charge in [-0.25, -0.2) is 0 Å². The highest BCUT2D eigenvalue weighted by molar-refractivity contribution is 7.10. The number of likely N-dealkylation sites (tertiary alicyclic amines) is 1. The fourth-order valence-corrected chi connectivity index (χ4v) is 3.51. The molecule has 2 heterocycles. The van der Waals surface area contributed by atoms with E-state index < -0.39 is 18.1 Å². The summed E-state index contributed by atoms with van der Waals surface area (Å²) in [7, 11) is 0. The molecular formula is C15H19F3N2O2S. The highest BCUT2D eigenvalue weighted by atomic mass is 32.1. The van der Waals surface area contributed by atoms with E-state index in [0.717, 1.165) is 4.88 Å². The fourth-order valence-electron chi connectivity index (χ4n) is 2.73. The van der Waals surface area contributed by atoms with Crippen molar-refractivity contribution in [3.8, 4) is 0 Å². The lowest BCUT2D eigenvalue weighted by Crippen LogP contribution is -2.45. The van der Waals surface area contributed by atoms with E-state index in [-0.39, 0.29) is 31.2 Å². The summed E-state index contributed by atoms with van der Waals surface area (Å²) < 4.78 is 38.5. The number of carbonyl (C=O) groups is 2. The van der Waals surface area contributed by atoms with Gasteiger partial charge in [0.1, 0.15) is 0 Å². The van der Waals surface area contributed by atoms with Gasteiger partial charge < -0.3 is 10.2 Å². The molecule has 2 amide bonds. The SMILES string of the molecule is CC(=O)N[C@@H](CC(=O)N1CCC[C@@H](C(F)(F)F)C1)c1cccs1. The molecule has 8 heteroatoms. The summed E-state index contributed by atoms with van der Waals surface area (Å²) in [6.45, 7) is 1.40. The van der Waals surface area contributed by atoms with Gasteiger partial charge in [0.05, 0.1) is 18.4 Å². The van der Waals surface area contributed by atoms with Crippen LogP contribution in [-0.4, -0.2) is 36.0 Å². The molecule has 4 nitrogen and oxygen atoms in total. The summed E-state index contributed by atoms with van der Waals surface area (Å²) in [5, 5.41) is 4.52. The zero-order valence-electron chi connectivity index (χ0n) is 12.7. The molecule has 2 atom stereocenters. The highest BCUT2D eigenvalue weighted by Gasteiger charge is 2.42. The summed E-state index contributed by atoms with van der Waals surface area (Å²) in [6.07, 6.45) is -3.89. The average Bonchev–Trinajstić information content (AvgIpc) is 2.99. The van der Waals surface area contributed by atoms with E-state index in [4.69, 9.17) is 0 Å². The van der Waals surface area contributed by atoms with Gasteiger partial charge in [-0.3, -0.25) is 9.59 Å². The Kier molecular flexibility index (Phi) is 5.67. The zero-order valence-corrected chi connectivity index (χ0v) is 13.5.